The minimum atomic E-state index is -1.01. The summed E-state index contributed by atoms with van der Waals surface area (Å²) in [5.74, 6) is -2.28. The number of nitrogens with two attached hydrogens (primary N) is 1. The number of ether oxygens (including phenoxy) is 1. The van der Waals surface area contributed by atoms with E-state index in [1.807, 2.05) is 0 Å². The van der Waals surface area contributed by atoms with Crippen LogP contribution in [0.15, 0.2) is 65.5 Å². The number of nitro benzene ring substituents is 1. The number of amides is 2. The van der Waals surface area contributed by atoms with Crippen molar-refractivity contribution in [2.75, 3.05) is 11.5 Å². The number of oxime groups is 1. The van der Waals surface area contributed by atoms with E-state index in [4.69, 9.17) is 15.3 Å². The van der Waals surface area contributed by atoms with Gasteiger partial charge in [0.1, 0.15) is 29.5 Å². The highest BCUT2D eigenvalue weighted by molar-refractivity contribution is 8.00. The van der Waals surface area contributed by atoms with E-state index < -0.39 is 39.9 Å². The molecule has 3 heterocycles. The van der Waals surface area contributed by atoms with E-state index in [9.17, 15) is 28.9 Å². The quantitative estimate of drug-likeness (QED) is 0.120. The molecule has 1 saturated heterocycles. The summed E-state index contributed by atoms with van der Waals surface area (Å²) < 4.78 is 22.5. The van der Waals surface area contributed by atoms with Gasteiger partial charge < -0.3 is 20.6 Å². The van der Waals surface area contributed by atoms with Crippen molar-refractivity contribution in [1.29, 1.82) is 0 Å². The number of hydrogen-bond donors (Lipinski definition) is 2. The van der Waals surface area contributed by atoms with Crippen molar-refractivity contribution < 1.29 is 33.3 Å². The molecule has 1 aromatic heterocycles. The third kappa shape index (κ3) is 5.99. The molecule has 0 spiro atoms. The zero-order valence-corrected chi connectivity index (χ0v) is 22.3. The van der Waals surface area contributed by atoms with Gasteiger partial charge in [0.2, 0.25) is 11.5 Å². The van der Waals surface area contributed by atoms with Crippen molar-refractivity contribution in [3.63, 3.8) is 0 Å². The summed E-state index contributed by atoms with van der Waals surface area (Å²) >= 11 is 2.14. The third-order valence-electron chi connectivity index (χ3n) is 5.78. The summed E-state index contributed by atoms with van der Waals surface area (Å²) in [5, 5.41) is 16.7. The summed E-state index contributed by atoms with van der Waals surface area (Å²) in [6.45, 7) is -0.161. The molecule has 3 aromatic rings. The number of thioether (sulfide) groups is 1. The van der Waals surface area contributed by atoms with Gasteiger partial charge in [-0.25, -0.2) is 9.18 Å². The van der Waals surface area contributed by atoms with Gasteiger partial charge in [0.05, 0.1) is 4.92 Å². The molecular weight excluding hydrogens is 581 g/mol. The maximum Gasteiger partial charge on any atom is 0.355 e. The van der Waals surface area contributed by atoms with E-state index >= 15 is 0 Å². The van der Waals surface area contributed by atoms with Gasteiger partial charge in [0, 0.05) is 29.4 Å². The Kier molecular flexibility index (Phi) is 7.88. The number of esters is 1. The molecule has 2 aromatic carbocycles. The standard InChI is InChI=1S/C24H18FN7O7S2/c25-13-3-7-15(8-4-13)39-29-17(19-28-24(26)41-30-19)20(33)27-18-21(34)31-16(9-10-40-22(18)31)23(35)38-11-12-1-5-14(6-2-12)32(36)37/h1-9,18,22H,10-11H2,(H,27,33)(H2,26,28,30)/t18?,22-/m1/s1. The lowest BCUT2D eigenvalue weighted by molar-refractivity contribution is -0.384. The summed E-state index contributed by atoms with van der Waals surface area (Å²) in [6.07, 6.45) is 1.54. The van der Waals surface area contributed by atoms with Crippen LogP contribution in [0.4, 0.5) is 15.2 Å². The second-order valence-electron chi connectivity index (χ2n) is 8.41. The van der Waals surface area contributed by atoms with Gasteiger partial charge in [-0.1, -0.05) is 5.16 Å². The molecular formula is C24H18FN7O7S2. The van der Waals surface area contributed by atoms with Gasteiger partial charge in [-0.3, -0.25) is 24.6 Å². The summed E-state index contributed by atoms with van der Waals surface area (Å²) in [5.41, 5.74) is 5.73. The number of nitrogen functional groups attached to an aromatic ring is 1. The fourth-order valence-electron chi connectivity index (χ4n) is 3.78. The Morgan fingerprint density at radius 3 is 2.61 bits per heavy atom. The largest absolute Gasteiger partial charge is 0.456 e. The number of benzene rings is 2. The fourth-order valence-corrected chi connectivity index (χ4v) is 5.41. The molecule has 17 heteroatoms. The molecule has 1 unspecified atom stereocenters. The zero-order valence-electron chi connectivity index (χ0n) is 20.6. The molecule has 14 nitrogen and oxygen atoms in total. The molecule has 0 radical (unpaired) electrons. The molecule has 1 fully saturated rings. The maximum absolute atomic E-state index is 13.2. The van der Waals surface area contributed by atoms with E-state index in [1.165, 1.54) is 53.1 Å². The second-order valence-corrected chi connectivity index (χ2v) is 10.3. The Labute approximate surface area is 238 Å². The molecule has 5 rings (SSSR count). The van der Waals surface area contributed by atoms with E-state index in [-0.39, 0.29) is 40.4 Å². The molecule has 0 aliphatic carbocycles. The van der Waals surface area contributed by atoms with Crippen LogP contribution < -0.4 is 15.9 Å². The molecule has 2 amide bonds. The van der Waals surface area contributed by atoms with E-state index in [0.717, 1.165) is 23.7 Å². The van der Waals surface area contributed by atoms with Crippen LogP contribution in [0.25, 0.3) is 0 Å². The van der Waals surface area contributed by atoms with Crippen LogP contribution in [0.5, 0.6) is 5.75 Å². The highest BCUT2D eigenvalue weighted by atomic mass is 32.2. The minimum Gasteiger partial charge on any atom is -0.456 e. The summed E-state index contributed by atoms with van der Waals surface area (Å²) in [4.78, 5) is 59.7. The van der Waals surface area contributed by atoms with Crippen molar-refractivity contribution >= 4 is 57.6 Å². The first-order valence-electron chi connectivity index (χ1n) is 11.7. The molecule has 41 heavy (non-hydrogen) atoms. The maximum atomic E-state index is 13.2. The van der Waals surface area contributed by atoms with Crippen LogP contribution in [-0.2, 0) is 25.7 Å². The number of hydrogen-bond acceptors (Lipinski definition) is 13. The Morgan fingerprint density at radius 1 is 1.22 bits per heavy atom. The van der Waals surface area contributed by atoms with Crippen molar-refractivity contribution in [2.45, 2.75) is 18.0 Å². The Bertz CT molecular complexity index is 1580. The Morgan fingerprint density at radius 2 is 1.95 bits per heavy atom. The number of nitro groups is 1. The van der Waals surface area contributed by atoms with Crippen molar-refractivity contribution in [1.82, 2.24) is 19.6 Å². The first-order valence-corrected chi connectivity index (χ1v) is 13.5. The van der Waals surface area contributed by atoms with Crippen molar-refractivity contribution in [3.8, 4) is 5.75 Å². The van der Waals surface area contributed by atoms with Crippen LogP contribution in [0, 0.1) is 15.9 Å². The molecule has 2 aliphatic rings. The number of carbonyl (C=O) groups is 3. The average Bonchev–Trinajstić information content (AvgIpc) is 3.40. The number of carbonyl (C=O) groups excluding carboxylic acids is 3. The topological polar surface area (TPSA) is 192 Å². The molecule has 0 saturated carbocycles. The second kappa shape index (κ2) is 11.7. The number of fused-ring (bicyclic) bond motifs is 1. The Hall–Kier alpha value is -4.90. The van der Waals surface area contributed by atoms with Gasteiger partial charge in [0.25, 0.3) is 17.5 Å². The first kappa shape index (κ1) is 27.7. The third-order valence-corrected chi connectivity index (χ3v) is 7.51. The number of nitrogens with zero attached hydrogens (tertiary/aromatic N) is 5. The summed E-state index contributed by atoms with van der Waals surface area (Å²) in [6, 6.07) is 9.40. The molecule has 3 N–H and O–H groups in total. The minimum absolute atomic E-state index is 0.0219. The predicted octanol–water partition coefficient (Wildman–Crippen LogP) is 1.98. The highest BCUT2D eigenvalue weighted by Crippen LogP contribution is 2.38. The molecule has 0 bridgehead atoms. The lowest BCUT2D eigenvalue weighted by atomic mass is 10.0. The number of halogens is 1. The van der Waals surface area contributed by atoms with E-state index in [1.54, 1.807) is 6.08 Å². The average molecular weight is 600 g/mol. The van der Waals surface area contributed by atoms with Gasteiger partial charge >= 0.3 is 5.97 Å². The monoisotopic (exact) mass is 599 g/mol. The first-order chi connectivity index (χ1) is 19.7. The molecule has 210 valence electrons. The van der Waals surface area contributed by atoms with Crippen LogP contribution in [0.3, 0.4) is 0 Å². The number of rotatable bonds is 9. The molecule has 2 atom stereocenters. The zero-order chi connectivity index (χ0) is 29.1. The van der Waals surface area contributed by atoms with Crippen LogP contribution >= 0.6 is 23.3 Å². The highest BCUT2D eigenvalue weighted by Gasteiger charge is 2.53. The predicted molar refractivity (Wildman–Crippen MR) is 144 cm³/mol. The van der Waals surface area contributed by atoms with Gasteiger partial charge in [-0.2, -0.15) is 9.36 Å². The fraction of sp³-hybridized carbons (Fsp3) is 0.167. The van der Waals surface area contributed by atoms with Crippen LogP contribution in [0.1, 0.15) is 11.4 Å². The van der Waals surface area contributed by atoms with Crippen LogP contribution in [0.2, 0.25) is 0 Å². The number of β-lactam (4-membered cyclic amide) rings is 1. The number of nitrogens with one attached hydrogen (secondary N) is 1. The smallest absolute Gasteiger partial charge is 0.355 e. The van der Waals surface area contributed by atoms with Crippen molar-refractivity contribution in [3.05, 3.63) is 87.6 Å². The number of non-ortho nitro benzene ring substituents is 1. The van der Waals surface area contributed by atoms with E-state index in [0.29, 0.717) is 11.3 Å². The van der Waals surface area contributed by atoms with Gasteiger partial charge in [-0.05, 0) is 48.0 Å². The van der Waals surface area contributed by atoms with Gasteiger partial charge in [0.15, 0.2) is 10.9 Å². The number of aromatic nitrogens is 2. The lowest BCUT2D eigenvalue weighted by Crippen LogP contribution is -2.70. The Balaban J connectivity index is 1.24. The number of anilines is 1. The van der Waals surface area contributed by atoms with Crippen LogP contribution in [-0.4, -0.2) is 59.8 Å². The lowest BCUT2D eigenvalue weighted by Gasteiger charge is -2.48. The van der Waals surface area contributed by atoms with Gasteiger partial charge in [-0.15, -0.1) is 11.8 Å². The van der Waals surface area contributed by atoms with Crippen molar-refractivity contribution in [2.24, 2.45) is 5.16 Å². The summed E-state index contributed by atoms with van der Waals surface area (Å²) in [7, 11) is 0. The molecule has 2 aliphatic heterocycles. The van der Waals surface area contributed by atoms with E-state index in [2.05, 4.69) is 19.8 Å². The normalized spacial score (nSPS) is 18.1. The SMILES string of the molecule is Nc1nc(C(=NOc2ccc(F)cc2)C(=O)NC2C(=O)N3C(C(=O)OCc4ccc([N+](=O)[O-])cc4)=CCS[C@H]23)ns1.